The first kappa shape index (κ1) is 20.6. The molecule has 156 valence electrons. The Balaban J connectivity index is 1.65. The van der Waals surface area contributed by atoms with Crippen molar-refractivity contribution in [2.24, 2.45) is 7.05 Å². The number of halogens is 1. The van der Waals surface area contributed by atoms with Crippen LogP contribution in [0.2, 0.25) is 0 Å². The van der Waals surface area contributed by atoms with Crippen molar-refractivity contribution in [1.82, 2.24) is 15.1 Å². The predicted octanol–water partition coefficient (Wildman–Crippen LogP) is 4.11. The summed E-state index contributed by atoms with van der Waals surface area (Å²) in [5, 5.41) is 12.2. The van der Waals surface area contributed by atoms with E-state index in [1.165, 1.54) is 18.2 Å². The summed E-state index contributed by atoms with van der Waals surface area (Å²) in [5.74, 6) is -0.630. The van der Waals surface area contributed by atoms with Gasteiger partial charge < -0.3 is 15.4 Å². The Labute approximate surface area is 168 Å². The number of benzene rings is 1. The first-order valence-corrected chi connectivity index (χ1v) is 9.50. The van der Waals surface area contributed by atoms with Crippen molar-refractivity contribution in [3.8, 4) is 0 Å². The molecule has 3 N–H and O–H groups in total. The quantitative estimate of drug-likeness (QED) is 0.719. The monoisotopic (exact) mass is 403 g/mol. The number of anilines is 2. The Morgan fingerprint density at radius 1 is 1.28 bits per heavy atom. The fourth-order valence-corrected chi connectivity index (χ4v) is 3.29. The maximum absolute atomic E-state index is 14.0. The molecule has 1 unspecified atom stereocenters. The fourth-order valence-electron chi connectivity index (χ4n) is 3.29. The summed E-state index contributed by atoms with van der Waals surface area (Å²) in [4.78, 5) is 24.3. The van der Waals surface area contributed by atoms with Gasteiger partial charge in [0, 0.05) is 24.0 Å². The summed E-state index contributed by atoms with van der Waals surface area (Å²) in [6.07, 6.45) is 3.71. The molecular formula is C20H26FN5O3. The first-order valence-electron chi connectivity index (χ1n) is 9.50. The molecule has 29 heavy (non-hydrogen) atoms. The van der Waals surface area contributed by atoms with Gasteiger partial charge in [-0.2, -0.15) is 5.10 Å². The minimum Gasteiger partial charge on any atom is -0.444 e. The lowest BCUT2D eigenvalue weighted by Crippen LogP contribution is -2.34. The number of hydrogen-bond donors (Lipinski definition) is 3. The van der Waals surface area contributed by atoms with E-state index in [-0.39, 0.29) is 11.7 Å². The molecular weight excluding hydrogens is 377 g/mol. The summed E-state index contributed by atoms with van der Waals surface area (Å²) in [6.45, 7) is 5.14. The van der Waals surface area contributed by atoms with Crippen molar-refractivity contribution in [2.45, 2.75) is 51.7 Å². The second-order valence-electron chi connectivity index (χ2n) is 8.04. The van der Waals surface area contributed by atoms with Crippen molar-refractivity contribution in [1.29, 1.82) is 0 Å². The van der Waals surface area contributed by atoms with Gasteiger partial charge in [0.25, 0.3) is 0 Å². The first-order chi connectivity index (χ1) is 13.6. The van der Waals surface area contributed by atoms with Gasteiger partial charge in [0.15, 0.2) is 0 Å². The number of carbonyl (C=O) groups excluding carboxylic acids is 2. The van der Waals surface area contributed by atoms with E-state index in [1.807, 2.05) is 11.7 Å². The Kier molecular flexibility index (Phi) is 5.76. The minimum atomic E-state index is -0.774. The Morgan fingerprint density at radius 2 is 2.03 bits per heavy atom. The van der Waals surface area contributed by atoms with Crippen molar-refractivity contribution in [3.05, 3.63) is 41.5 Å². The van der Waals surface area contributed by atoms with Gasteiger partial charge in [-0.1, -0.05) is 0 Å². The molecule has 1 atom stereocenters. The number of amides is 3. The van der Waals surface area contributed by atoms with E-state index in [0.717, 1.165) is 30.5 Å². The lowest BCUT2D eigenvalue weighted by atomic mass is 9.93. The van der Waals surface area contributed by atoms with Crippen LogP contribution in [0, 0.1) is 5.82 Å². The van der Waals surface area contributed by atoms with Crippen molar-refractivity contribution in [2.75, 3.05) is 10.6 Å². The normalized spacial score (nSPS) is 16.0. The molecule has 9 heteroatoms. The molecule has 0 spiro atoms. The van der Waals surface area contributed by atoms with E-state index < -0.39 is 23.5 Å². The molecule has 0 saturated carbocycles. The smallest absolute Gasteiger partial charge is 0.412 e. The molecule has 0 bridgehead atoms. The van der Waals surface area contributed by atoms with E-state index >= 15 is 0 Å². The molecule has 1 aliphatic carbocycles. The summed E-state index contributed by atoms with van der Waals surface area (Å²) >= 11 is 0. The molecule has 0 aliphatic heterocycles. The van der Waals surface area contributed by atoms with Crippen LogP contribution in [0.5, 0.6) is 0 Å². The number of nitrogens with zero attached hydrogens (tertiary/aromatic N) is 2. The highest BCUT2D eigenvalue weighted by atomic mass is 19.1. The van der Waals surface area contributed by atoms with Gasteiger partial charge in [-0.3, -0.25) is 10.00 Å². The maximum Gasteiger partial charge on any atom is 0.412 e. The van der Waals surface area contributed by atoms with Gasteiger partial charge >= 0.3 is 12.1 Å². The number of nitrogens with one attached hydrogen (secondary N) is 3. The van der Waals surface area contributed by atoms with Crippen LogP contribution in [0.4, 0.5) is 25.4 Å². The number of aryl methyl sites for hydroxylation is 1. The molecule has 1 heterocycles. The summed E-state index contributed by atoms with van der Waals surface area (Å²) in [5.41, 5.74) is 1.69. The molecule has 8 nitrogen and oxygen atoms in total. The summed E-state index contributed by atoms with van der Waals surface area (Å²) in [6, 6.07) is 3.39. The van der Waals surface area contributed by atoms with Crippen molar-refractivity contribution >= 4 is 23.5 Å². The summed E-state index contributed by atoms with van der Waals surface area (Å²) in [7, 11) is 1.89. The van der Waals surface area contributed by atoms with E-state index in [1.54, 1.807) is 27.0 Å². The molecule has 0 saturated heterocycles. The highest BCUT2D eigenvalue weighted by Crippen LogP contribution is 2.29. The molecule has 1 aliphatic rings. The number of urea groups is 1. The van der Waals surface area contributed by atoms with Crippen LogP contribution in [0.25, 0.3) is 0 Å². The highest BCUT2D eigenvalue weighted by molar-refractivity contribution is 5.91. The third-order valence-electron chi connectivity index (χ3n) is 4.54. The average molecular weight is 403 g/mol. The average Bonchev–Trinajstić information content (AvgIpc) is 2.98. The number of fused-ring (bicyclic) bond motifs is 1. The standard InChI is InChI=1S/C20H26FN5O3/c1-20(2,3)29-19(28)25-16-10-12(8-9-14(16)21)23-18(27)24-15-6-5-7-17-13(15)11-22-26(17)4/h8-11,15H,5-7H2,1-4H3,(H,25,28)(H2,23,24,27). The van der Waals surface area contributed by atoms with Crippen LogP contribution in [0.1, 0.15) is 50.9 Å². The van der Waals surface area contributed by atoms with Crippen molar-refractivity contribution in [3.63, 3.8) is 0 Å². The van der Waals surface area contributed by atoms with E-state index in [4.69, 9.17) is 4.74 Å². The Bertz CT molecular complexity index is 919. The third-order valence-corrected chi connectivity index (χ3v) is 4.54. The Morgan fingerprint density at radius 3 is 2.76 bits per heavy atom. The fraction of sp³-hybridized carbons (Fsp3) is 0.450. The number of carbonyl (C=O) groups is 2. The minimum absolute atomic E-state index is 0.0794. The van der Waals surface area contributed by atoms with Crippen LogP contribution in [0.15, 0.2) is 24.4 Å². The zero-order valence-corrected chi connectivity index (χ0v) is 17.0. The van der Waals surface area contributed by atoms with Crippen LogP contribution in [-0.4, -0.2) is 27.5 Å². The third kappa shape index (κ3) is 5.24. The van der Waals surface area contributed by atoms with Crippen LogP contribution >= 0.6 is 0 Å². The molecule has 0 radical (unpaired) electrons. The van der Waals surface area contributed by atoms with Crippen LogP contribution < -0.4 is 16.0 Å². The van der Waals surface area contributed by atoms with Crippen molar-refractivity contribution < 1.29 is 18.7 Å². The van der Waals surface area contributed by atoms with Gasteiger partial charge in [-0.25, -0.2) is 14.0 Å². The Hall–Kier alpha value is -3.10. The number of ether oxygens (including phenoxy) is 1. The van der Waals surface area contributed by atoms with Gasteiger partial charge in [0.2, 0.25) is 0 Å². The molecule has 1 aromatic heterocycles. The number of aromatic nitrogens is 2. The van der Waals surface area contributed by atoms with Crippen LogP contribution in [0.3, 0.4) is 0 Å². The zero-order valence-electron chi connectivity index (χ0n) is 17.0. The lowest BCUT2D eigenvalue weighted by Gasteiger charge is -2.24. The maximum atomic E-state index is 14.0. The van der Waals surface area contributed by atoms with Crippen LogP contribution in [-0.2, 0) is 18.2 Å². The molecule has 0 fully saturated rings. The molecule has 2 aromatic rings. The lowest BCUT2D eigenvalue weighted by molar-refractivity contribution is 0.0635. The van der Waals surface area contributed by atoms with Gasteiger partial charge in [0.1, 0.15) is 11.4 Å². The van der Waals surface area contributed by atoms with E-state index in [2.05, 4.69) is 21.0 Å². The second-order valence-corrected chi connectivity index (χ2v) is 8.04. The predicted molar refractivity (Wildman–Crippen MR) is 107 cm³/mol. The largest absolute Gasteiger partial charge is 0.444 e. The summed E-state index contributed by atoms with van der Waals surface area (Å²) < 4.78 is 21.0. The molecule has 3 amide bonds. The number of rotatable bonds is 3. The second kappa shape index (κ2) is 8.10. The SMILES string of the molecule is Cn1ncc2c1CCCC2NC(=O)Nc1ccc(F)c(NC(=O)OC(C)(C)C)c1. The molecule has 1 aromatic carbocycles. The number of hydrogen-bond acceptors (Lipinski definition) is 4. The van der Waals surface area contributed by atoms with E-state index in [0.29, 0.717) is 5.69 Å². The van der Waals surface area contributed by atoms with Gasteiger partial charge in [0.05, 0.1) is 17.9 Å². The van der Waals surface area contributed by atoms with Gasteiger partial charge in [-0.05, 0) is 58.2 Å². The van der Waals surface area contributed by atoms with E-state index in [9.17, 15) is 14.0 Å². The molecule has 3 rings (SSSR count). The topological polar surface area (TPSA) is 97.3 Å². The van der Waals surface area contributed by atoms with Gasteiger partial charge in [-0.15, -0.1) is 0 Å². The highest BCUT2D eigenvalue weighted by Gasteiger charge is 2.25. The zero-order chi connectivity index (χ0) is 21.2.